The molecule has 1 atom stereocenters. The highest BCUT2D eigenvalue weighted by atomic mass is 16.1. The van der Waals surface area contributed by atoms with Crippen LogP contribution >= 0.6 is 0 Å². The Morgan fingerprint density at radius 1 is 1.47 bits per heavy atom. The van der Waals surface area contributed by atoms with Crippen molar-refractivity contribution in [3.8, 4) is 0 Å². The normalized spacial score (nSPS) is 20.0. The molecule has 0 saturated carbocycles. The van der Waals surface area contributed by atoms with Crippen LogP contribution in [0.4, 0.5) is 0 Å². The maximum Gasteiger partial charge on any atom is 0.222 e. The van der Waals surface area contributed by atoms with Crippen LogP contribution in [0.5, 0.6) is 0 Å². The van der Waals surface area contributed by atoms with Crippen LogP contribution in [-0.4, -0.2) is 30.6 Å². The zero-order valence-electron chi connectivity index (χ0n) is 10.1. The highest BCUT2D eigenvalue weighted by molar-refractivity contribution is 5.76. The van der Waals surface area contributed by atoms with Crippen molar-refractivity contribution in [1.82, 2.24) is 10.2 Å². The number of amides is 1. The number of nitrogens with zero attached hydrogens (tertiary/aromatic N) is 1. The van der Waals surface area contributed by atoms with Gasteiger partial charge in [-0.25, -0.2) is 0 Å². The molecule has 88 valence electrons. The van der Waals surface area contributed by atoms with Crippen LogP contribution in [0.3, 0.4) is 0 Å². The van der Waals surface area contributed by atoms with Gasteiger partial charge in [0.2, 0.25) is 5.91 Å². The number of hydrogen-bond donors (Lipinski definition) is 1. The van der Waals surface area contributed by atoms with Gasteiger partial charge in [0.1, 0.15) is 0 Å². The average molecular weight is 212 g/mol. The molecule has 0 spiro atoms. The number of carbonyl (C=O) groups excluding carboxylic acids is 1. The number of unbranched alkanes of at least 4 members (excludes halogenated alkanes) is 1. The summed E-state index contributed by atoms with van der Waals surface area (Å²) in [5, 5.41) is 2.90. The molecule has 0 bridgehead atoms. The van der Waals surface area contributed by atoms with Crippen LogP contribution in [0.25, 0.3) is 0 Å². The third kappa shape index (κ3) is 4.65. The Bertz CT molecular complexity index is 184. The van der Waals surface area contributed by atoms with Gasteiger partial charge in [0.25, 0.3) is 0 Å². The molecule has 0 aromatic rings. The molecule has 0 aromatic carbocycles. The first-order chi connectivity index (χ1) is 7.26. The van der Waals surface area contributed by atoms with Crippen LogP contribution in [0.2, 0.25) is 0 Å². The predicted octanol–water partition coefficient (Wildman–Crippen LogP) is 1.98. The summed E-state index contributed by atoms with van der Waals surface area (Å²) in [7, 11) is 0. The lowest BCUT2D eigenvalue weighted by molar-refractivity contribution is -0.124. The van der Waals surface area contributed by atoms with Crippen molar-refractivity contribution in [2.24, 2.45) is 5.92 Å². The quantitative estimate of drug-likeness (QED) is 0.730. The van der Waals surface area contributed by atoms with Gasteiger partial charge < -0.3 is 5.32 Å². The van der Waals surface area contributed by atoms with Gasteiger partial charge >= 0.3 is 0 Å². The molecule has 1 aliphatic heterocycles. The lowest BCUT2D eigenvalue weighted by Crippen LogP contribution is -2.46. The van der Waals surface area contributed by atoms with Crippen LogP contribution in [-0.2, 0) is 4.79 Å². The van der Waals surface area contributed by atoms with Crippen molar-refractivity contribution in [3.63, 3.8) is 0 Å². The maximum absolute atomic E-state index is 11.0. The highest BCUT2D eigenvalue weighted by Crippen LogP contribution is 2.14. The van der Waals surface area contributed by atoms with Crippen molar-refractivity contribution in [2.45, 2.75) is 46.0 Å². The van der Waals surface area contributed by atoms with Crippen molar-refractivity contribution < 1.29 is 4.79 Å². The summed E-state index contributed by atoms with van der Waals surface area (Å²) >= 11 is 0. The highest BCUT2D eigenvalue weighted by Gasteiger charge is 2.17. The summed E-state index contributed by atoms with van der Waals surface area (Å²) in [6, 6.07) is 0. The second-order valence-electron chi connectivity index (χ2n) is 4.50. The largest absolute Gasteiger partial charge is 0.343 e. The van der Waals surface area contributed by atoms with E-state index in [1.165, 1.54) is 25.7 Å². The van der Waals surface area contributed by atoms with Gasteiger partial charge in [-0.3, -0.25) is 9.69 Å². The summed E-state index contributed by atoms with van der Waals surface area (Å²) in [6.07, 6.45) is 5.87. The first-order valence-corrected chi connectivity index (χ1v) is 6.25. The fraction of sp³-hybridized carbons (Fsp3) is 0.917. The second kappa shape index (κ2) is 6.83. The molecule has 3 heteroatoms. The molecule has 3 nitrogen and oxygen atoms in total. The maximum atomic E-state index is 11.0. The molecule has 15 heavy (non-hydrogen) atoms. The Balaban J connectivity index is 2.22. The zero-order valence-corrected chi connectivity index (χ0v) is 10.1. The Morgan fingerprint density at radius 2 is 2.27 bits per heavy atom. The van der Waals surface area contributed by atoms with Crippen LogP contribution in [0.1, 0.15) is 46.0 Å². The van der Waals surface area contributed by atoms with E-state index in [4.69, 9.17) is 0 Å². The summed E-state index contributed by atoms with van der Waals surface area (Å²) in [4.78, 5) is 13.4. The van der Waals surface area contributed by atoms with Gasteiger partial charge in [-0.05, 0) is 12.3 Å². The molecule has 1 unspecified atom stereocenters. The van der Waals surface area contributed by atoms with E-state index in [2.05, 4.69) is 24.1 Å². The topological polar surface area (TPSA) is 32.3 Å². The van der Waals surface area contributed by atoms with Crippen molar-refractivity contribution in [1.29, 1.82) is 0 Å². The van der Waals surface area contributed by atoms with Gasteiger partial charge in [0.15, 0.2) is 0 Å². The fourth-order valence-electron chi connectivity index (χ4n) is 2.07. The van der Waals surface area contributed by atoms with Gasteiger partial charge in [-0.2, -0.15) is 0 Å². The van der Waals surface area contributed by atoms with E-state index in [-0.39, 0.29) is 5.91 Å². The fourth-order valence-corrected chi connectivity index (χ4v) is 2.07. The van der Waals surface area contributed by atoms with Gasteiger partial charge in [0, 0.05) is 19.5 Å². The molecule has 1 N–H and O–H groups in total. The van der Waals surface area contributed by atoms with E-state index in [9.17, 15) is 4.79 Å². The number of rotatable bonds is 6. The monoisotopic (exact) mass is 212 g/mol. The van der Waals surface area contributed by atoms with Crippen molar-refractivity contribution in [3.05, 3.63) is 0 Å². The number of carbonyl (C=O) groups is 1. The third-order valence-corrected chi connectivity index (χ3v) is 3.21. The lowest BCUT2D eigenvalue weighted by Gasteiger charge is -2.30. The SMILES string of the molecule is CCCCC(CC)CN1CCC(=O)NC1. The third-order valence-electron chi connectivity index (χ3n) is 3.21. The van der Waals surface area contributed by atoms with Crippen LogP contribution in [0, 0.1) is 5.92 Å². The van der Waals surface area contributed by atoms with Gasteiger partial charge in [-0.1, -0.05) is 33.1 Å². The zero-order chi connectivity index (χ0) is 11.1. The van der Waals surface area contributed by atoms with E-state index in [0.29, 0.717) is 6.42 Å². The van der Waals surface area contributed by atoms with Crippen molar-refractivity contribution >= 4 is 5.91 Å². The minimum atomic E-state index is 0.202. The summed E-state index contributed by atoms with van der Waals surface area (Å²) in [5.41, 5.74) is 0. The first-order valence-electron chi connectivity index (χ1n) is 6.25. The molecule has 1 heterocycles. The Hall–Kier alpha value is -0.570. The molecule has 1 saturated heterocycles. The molecule has 1 fully saturated rings. The number of hydrogen-bond acceptors (Lipinski definition) is 2. The summed E-state index contributed by atoms with van der Waals surface area (Å²) in [5.74, 6) is 1.01. The van der Waals surface area contributed by atoms with Crippen molar-refractivity contribution in [2.75, 3.05) is 19.8 Å². The molecule has 0 aromatic heterocycles. The molecule has 1 amide bonds. The summed E-state index contributed by atoms with van der Waals surface area (Å²) in [6.45, 7) is 7.35. The van der Waals surface area contributed by atoms with Gasteiger partial charge in [-0.15, -0.1) is 0 Å². The van der Waals surface area contributed by atoms with Crippen LogP contribution < -0.4 is 5.32 Å². The molecule has 1 aliphatic rings. The van der Waals surface area contributed by atoms with E-state index >= 15 is 0 Å². The molecule has 1 rings (SSSR count). The Labute approximate surface area is 93.2 Å². The molecular weight excluding hydrogens is 188 g/mol. The molecule has 0 aliphatic carbocycles. The minimum Gasteiger partial charge on any atom is -0.343 e. The smallest absolute Gasteiger partial charge is 0.222 e. The predicted molar refractivity (Wildman–Crippen MR) is 62.5 cm³/mol. The van der Waals surface area contributed by atoms with Crippen LogP contribution in [0.15, 0.2) is 0 Å². The molecule has 0 radical (unpaired) electrons. The van der Waals surface area contributed by atoms with E-state index in [1.54, 1.807) is 0 Å². The van der Waals surface area contributed by atoms with E-state index in [0.717, 1.165) is 25.7 Å². The Morgan fingerprint density at radius 3 is 2.80 bits per heavy atom. The minimum absolute atomic E-state index is 0.202. The number of nitrogens with one attached hydrogen (secondary N) is 1. The first kappa shape index (κ1) is 12.5. The van der Waals surface area contributed by atoms with E-state index < -0.39 is 0 Å². The molecular formula is C12H24N2O. The van der Waals surface area contributed by atoms with E-state index in [1.807, 2.05) is 0 Å². The Kier molecular flexibility index (Phi) is 5.69. The van der Waals surface area contributed by atoms with Gasteiger partial charge in [0.05, 0.1) is 6.67 Å². The standard InChI is InChI=1S/C12H24N2O/c1-3-5-6-11(4-2)9-14-8-7-12(15)13-10-14/h11H,3-10H2,1-2H3,(H,13,15). The summed E-state index contributed by atoms with van der Waals surface area (Å²) < 4.78 is 0. The second-order valence-corrected chi connectivity index (χ2v) is 4.50. The lowest BCUT2D eigenvalue weighted by atomic mass is 9.98. The average Bonchev–Trinajstić information content (AvgIpc) is 2.27.